The topological polar surface area (TPSA) is 34.1 Å². The molecule has 4 heteroatoms. The molecule has 0 unspecified atom stereocenters. The summed E-state index contributed by atoms with van der Waals surface area (Å²) in [5, 5.41) is -0.542. The fourth-order valence-corrected chi connectivity index (χ4v) is 0. The molecule has 0 bridgehead atoms. The first-order valence-electron chi connectivity index (χ1n) is 3.29. The third-order valence-corrected chi connectivity index (χ3v) is 1.44. The minimum atomic E-state index is -0.273. The van der Waals surface area contributed by atoms with Crippen molar-refractivity contribution in [3.05, 3.63) is 0 Å². The highest BCUT2D eigenvalue weighted by Gasteiger charge is 1.98. The summed E-state index contributed by atoms with van der Waals surface area (Å²) in [5.41, 5.74) is 0. The van der Waals surface area contributed by atoms with E-state index < -0.39 is 0 Å². The van der Waals surface area contributed by atoms with Crippen LogP contribution in [0.3, 0.4) is 0 Å². The third kappa shape index (κ3) is 17.8. The number of carbonyl (C=O) groups is 2. The number of carbonyl (C=O) groups excluding carboxylic acids is 2. The van der Waals surface area contributed by atoms with Gasteiger partial charge in [-0.1, -0.05) is 20.8 Å². The lowest BCUT2D eigenvalue weighted by Gasteiger charge is -1.88. The highest BCUT2D eigenvalue weighted by molar-refractivity contribution is 6.64. The first kappa shape index (κ1) is 13.5. The van der Waals surface area contributed by atoms with Gasteiger partial charge in [-0.2, -0.15) is 0 Å². The molecule has 0 aliphatic rings. The second kappa shape index (κ2) is 8.02. The summed E-state index contributed by atoms with van der Waals surface area (Å²) in [5.74, 6) is -0.0216. The Morgan fingerprint density at radius 3 is 1.45 bits per heavy atom. The van der Waals surface area contributed by atoms with Crippen LogP contribution in [-0.4, -0.2) is 10.5 Å². The molecule has 0 radical (unpaired) electrons. The van der Waals surface area contributed by atoms with Crippen LogP contribution in [0.4, 0.5) is 0 Å². The smallest absolute Gasteiger partial charge is 0.224 e. The summed E-state index contributed by atoms with van der Waals surface area (Å²) in [7, 11) is 0. The lowest BCUT2D eigenvalue weighted by molar-refractivity contribution is -0.114. The van der Waals surface area contributed by atoms with E-state index >= 15 is 0 Å². The number of rotatable bonds is 2. The molecule has 2 nitrogen and oxygen atoms in total. The fourth-order valence-electron chi connectivity index (χ4n) is 0. The molecule has 0 aliphatic carbocycles. The van der Waals surface area contributed by atoms with Crippen molar-refractivity contribution in [2.24, 2.45) is 5.92 Å². The van der Waals surface area contributed by atoms with Crippen molar-refractivity contribution in [2.75, 3.05) is 0 Å². The van der Waals surface area contributed by atoms with Crippen molar-refractivity contribution in [3.8, 4) is 0 Å². The molecule has 0 aromatic heterocycles. The van der Waals surface area contributed by atoms with Crippen LogP contribution in [0, 0.1) is 5.92 Å². The van der Waals surface area contributed by atoms with E-state index in [2.05, 4.69) is 0 Å². The van der Waals surface area contributed by atoms with Gasteiger partial charge in [0.15, 0.2) is 0 Å². The molecule has 66 valence electrons. The van der Waals surface area contributed by atoms with E-state index in [1.807, 2.05) is 0 Å². The SMILES string of the molecule is CC(C)C(=O)Cl.CCC(=O)Cl. The summed E-state index contributed by atoms with van der Waals surface area (Å²) in [4.78, 5) is 19.5. The maximum Gasteiger partial charge on any atom is 0.224 e. The Bertz CT molecular complexity index is 132. The van der Waals surface area contributed by atoms with E-state index in [0.717, 1.165) is 0 Å². The molecule has 0 saturated carbocycles. The van der Waals surface area contributed by atoms with Crippen molar-refractivity contribution in [3.63, 3.8) is 0 Å². The summed E-state index contributed by atoms with van der Waals surface area (Å²) in [6.45, 7) is 5.24. The van der Waals surface area contributed by atoms with E-state index in [1.54, 1.807) is 20.8 Å². The first-order valence-corrected chi connectivity index (χ1v) is 4.05. The Kier molecular flexibility index (Phi) is 9.85. The number of hydrogen-bond donors (Lipinski definition) is 0. The monoisotopic (exact) mass is 198 g/mol. The molecule has 0 aromatic rings. The van der Waals surface area contributed by atoms with Crippen molar-refractivity contribution < 1.29 is 9.59 Å². The second-order valence-electron chi connectivity index (χ2n) is 2.17. The van der Waals surface area contributed by atoms with Gasteiger partial charge in [0.1, 0.15) is 0 Å². The van der Waals surface area contributed by atoms with Crippen LogP contribution < -0.4 is 0 Å². The quantitative estimate of drug-likeness (QED) is 0.640. The third-order valence-electron chi connectivity index (χ3n) is 0.732. The summed E-state index contributed by atoms with van der Waals surface area (Å²) >= 11 is 9.80. The molecule has 0 aliphatic heterocycles. The van der Waals surface area contributed by atoms with E-state index in [-0.39, 0.29) is 16.4 Å². The van der Waals surface area contributed by atoms with Crippen LogP contribution in [0.5, 0.6) is 0 Å². The molecule has 0 N–H and O–H groups in total. The Hall–Kier alpha value is -0.0800. The van der Waals surface area contributed by atoms with Crippen LogP contribution in [0.15, 0.2) is 0 Å². The zero-order valence-electron chi connectivity index (χ0n) is 6.86. The molecule has 0 rings (SSSR count). The van der Waals surface area contributed by atoms with Crippen LogP contribution in [0.1, 0.15) is 27.2 Å². The highest BCUT2D eigenvalue weighted by atomic mass is 35.5. The Balaban J connectivity index is 0. The zero-order chi connectivity index (χ0) is 9.44. The lowest BCUT2D eigenvalue weighted by atomic mass is 10.3. The molecule has 0 fully saturated rings. The van der Waals surface area contributed by atoms with Crippen LogP contribution in [0.25, 0.3) is 0 Å². The van der Waals surface area contributed by atoms with Gasteiger partial charge in [0.2, 0.25) is 10.5 Å². The number of halogens is 2. The highest BCUT2D eigenvalue weighted by Crippen LogP contribution is 1.95. The molecular weight excluding hydrogens is 187 g/mol. The normalized spacial score (nSPS) is 8.55. The molecule has 0 aromatic carbocycles. The van der Waals surface area contributed by atoms with Gasteiger partial charge in [-0.25, -0.2) is 0 Å². The lowest BCUT2D eigenvalue weighted by Crippen LogP contribution is -1.95. The van der Waals surface area contributed by atoms with E-state index in [0.29, 0.717) is 6.42 Å². The van der Waals surface area contributed by atoms with E-state index in [4.69, 9.17) is 23.2 Å². The standard InChI is InChI=1S/C4H7ClO.C3H5ClO/c1-3(2)4(5)6;1-2-3(4)5/h3H,1-2H3;2H2,1H3. The van der Waals surface area contributed by atoms with Gasteiger partial charge in [-0.15, -0.1) is 0 Å². The summed E-state index contributed by atoms with van der Waals surface area (Å²) < 4.78 is 0. The van der Waals surface area contributed by atoms with Gasteiger partial charge in [0.25, 0.3) is 0 Å². The van der Waals surface area contributed by atoms with Crippen LogP contribution in [-0.2, 0) is 9.59 Å². The maximum absolute atomic E-state index is 9.91. The Morgan fingerprint density at radius 2 is 1.45 bits per heavy atom. The van der Waals surface area contributed by atoms with Crippen LogP contribution >= 0.6 is 23.2 Å². The Morgan fingerprint density at radius 1 is 1.27 bits per heavy atom. The largest absolute Gasteiger partial charge is 0.281 e. The molecular formula is C7H12Cl2O2. The van der Waals surface area contributed by atoms with E-state index in [1.165, 1.54) is 0 Å². The van der Waals surface area contributed by atoms with Gasteiger partial charge in [-0.3, -0.25) is 9.59 Å². The van der Waals surface area contributed by atoms with Crippen molar-refractivity contribution in [1.82, 2.24) is 0 Å². The number of hydrogen-bond acceptors (Lipinski definition) is 2. The predicted molar refractivity (Wildman–Crippen MR) is 46.8 cm³/mol. The van der Waals surface area contributed by atoms with Gasteiger partial charge in [0, 0.05) is 12.3 Å². The Labute approximate surface area is 76.9 Å². The fraction of sp³-hybridized carbons (Fsp3) is 0.714. The summed E-state index contributed by atoms with van der Waals surface area (Å²) in [6, 6.07) is 0. The average Bonchev–Trinajstić information content (AvgIpc) is 1.89. The van der Waals surface area contributed by atoms with Crippen molar-refractivity contribution in [2.45, 2.75) is 27.2 Å². The molecule has 0 amide bonds. The molecule has 0 heterocycles. The zero-order valence-corrected chi connectivity index (χ0v) is 8.37. The van der Waals surface area contributed by atoms with Gasteiger partial charge in [-0.05, 0) is 23.2 Å². The second-order valence-corrected chi connectivity index (χ2v) is 2.96. The minimum absolute atomic E-state index is 0.0216. The predicted octanol–water partition coefficient (Wildman–Crippen LogP) is 2.57. The van der Waals surface area contributed by atoms with Gasteiger partial charge < -0.3 is 0 Å². The molecule has 0 spiro atoms. The minimum Gasteiger partial charge on any atom is -0.281 e. The van der Waals surface area contributed by atoms with Crippen LogP contribution in [0.2, 0.25) is 0 Å². The van der Waals surface area contributed by atoms with Crippen molar-refractivity contribution >= 4 is 33.7 Å². The van der Waals surface area contributed by atoms with E-state index in [9.17, 15) is 9.59 Å². The summed E-state index contributed by atoms with van der Waals surface area (Å²) in [6.07, 6.45) is 0.432. The molecule has 0 atom stereocenters. The molecule has 0 saturated heterocycles. The van der Waals surface area contributed by atoms with Crippen molar-refractivity contribution in [1.29, 1.82) is 0 Å². The average molecular weight is 199 g/mol. The first-order chi connectivity index (χ1) is 4.91. The van der Waals surface area contributed by atoms with Gasteiger partial charge in [0.05, 0.1) is 0 Å². The van der Waals surface area contributed by atoms with Gasteiger partial charge >= 0.3 is 0 Å². The molecule has 11 heavy (non-hydrogen) atoms. The maximum atomic E-state index is 9.91.